The van der Waals surface area contributed by atoms with Crippen molar-refractivity contribution < 1.29 is 22.5 Å². The molecule has 0 radical (unpaired) electrons. The zero-order valence-electron chi connectivity index (χ0n) is 6.15. The van der Waals surface area contributed by atoms with Crippen LogP contribution in [0.2, 0.25) is 0 Å². The van der Waals surface area contributed by atoms with E-state index in [0.29, 0.717) is 0 Å². The Morgan fingerprint density at radius 3 is 1.64 bits per heavy atom. The largest absolute Gasteiger partial charge is 0.346 e. The number of hydrogen-bond acceptors (Lipinski definition) is 2. The zero-order valence-corrected chi connectivity index (χ0v) is 8.31. The molecule has 0 N–H and O–H groups in total. The second-order valence-electron chi connectivity index (χ2n) is 2.18. The van der Waals surface area contributed by atoms with Gasteiger partial charge in [-0.05, 0) is 22.6 Å². The summed E-state index contributed by atoms with van der Waals surface area (Å²) in [6.07, 6.45) is 0. The standard InChI is InChI=1S/C6F4INO2/c7-1-3(9)6(12(13)14)4(10)2(8)5(1)11. The molecule has 0 amide bonds. The smallest absolute Gasteiger partial charge is 0.258 e. The summed E-state index contributed by atoms with van der Waals surface area (Å²) in [7, 11) is 0. The predicted octanol–water partition coefficient (Wildman–Crippen LogP) is 2.76. The second-order valence-corrected chi connectivity index (χ2v) is 3.25. The van der Waals surface area contributed by atoms with Gasteiger partial charge >= 0.3 is 5.69 Å². The summed E-state index contributed by atoms with van der Waals surface area (Å²) in [5.41, 5.74) is -1.82. The molecule has 0 saturated carbocycles. The first kappa shape index (κ1) is 11.1. The monoisotopic (exact) mass is 321 g/mol. The summed E-state index contributed by atoms with van der Waals surface area (Å²) >= 11 is 1.01. The van der Waals surface area contributed by atoms with Gasteiger partial charge in [0, 0.05) is 0 Å². The third kappa shape index (κ3) is 1.53. The first-order valence-electron chi connectivity index (χ1n) is 3.03. The van der Waals surface area contributed by atoms with Crippen LogP contribution in [0, 0.1) is 37.0 Å². The van der Waals surface area contributed by atoms with Crippen molar-refractivity contribution in [2.75, 3.05) is 0 Å². The summed E-state index contributed by atoms with van der Waals surface area (Å²) in [4.78, 5) is 8.53. The molecule has 0 atom stereocenters. The molecule has 0 unspecified atom stereocenters. The minimum absolute atomic E-state index is 0.955. The van der Waals surface area contributed by atoms with Crippen molar-refractivity contribution in [3.05, 3.63) is 37.0 Å². The van der Waals surface area contributed by atoms with E-state index < -0.39 is 37.4 Å². The maximum atomic E-state index is 12.7. The number of hydrogen-bond donors (Lipinski definition) is 0. The predicted molar refractivity (Wildman–Crippen MR) is 45.6 cm³/mol. The fraction of sp³-hybridized carbons (Fsp3) is 0. The lowest BCUT2D eigenvalue weighted by atomic mass is 10.2. The molecule has 1 aromatic carbocycles. The zero-order chi connectivity index (χ0) is 11.0. The molecule has 1 rings (SSSR count). The molecule has 0 aliphatic heterocycles. The SMILES string of the molecule is O=[N+]([O-])c1c(F)c(F)c(I)c(F)c1F. The lowest BCUT2D eigenvalue weighted by Gasteiger charge is -2.01. The molecule has 0 fully saturated rings. The number of benzene rings is 1. The van der Waals surface area contributed by atoms with Gasteiger partial charge in [0.25, 0.3) is 0 Å². The molecule has 8 heteroatoms. The van der Waals surface area contributed by atoms with Crippen molar-refractivity contribution in [2.24, 2.45) is 0 Å². The second kappa shape index (κ2) is 3.67. The Morgan fingerprint density at radius 1 is 1.00 bits per heavy atom. The number of nitrogens with zero attached hydrogens (tertiary/aromatic N) is 1. The third-order valence-corrected chi connectivity index (χ3v) is 2.32. The molecular formula is C6F4INO2. The van der Waals surface area contributed by atoms with Gasteiger partial charge in [0.2, 0.25) is 11.6 Å². The van der Waals surface area contributed by atoms with Crippen molar-refractivity contribution in [1.29, 1.82) is 0 Å². The fourth-order valence-corrected chi connectivity index (χ4v) is 1.23. The molecule has 0 spiro atoms. The Hall–Kier alpha value is -0.930. The Balaban J connectivity index is 3.68. The van der Waals surface area contributed by atoms with Crippen LogP contribution in [0.15, 0.2) is 0 Å². The molecule has 0 saturated heterocycles. The van der Waals surface area contributed by atoms with E-state index >= 15 is 0 Å². The van der Waals surface area contributed by atoms with E-state index in [1.54, 1.807) is 0 Å². The van der Waals surface area contributed by atoms with Gasteiger partial charge in [-0.2, -0.15) is 8.78 Å². The highest BCUT2D eigenvalue weighted by Crippen LogP contribution is 2.30. The molecule has 0 aliphatic rings. The van der Waals surface area contributed by atoms with Gasteiger partial charge in [0.1, 0.15) is 0 Å². The summed E-state index contributed by atoms with van der Waals surface area (Å²) in [5.74, 6) is -7.54. The van der Waals surface area contributed by atoms with Crippen LogP contribution in [-0.4, -0.2) is 4.92 Å². The fourth-order valence-electron chi connectivity index (χ4n) is 0.754. The van der Waals surface area contributed by atoms with Gasteiger partial charge in [0.05, 0.1) is 8.49 Å². The molecule has 0 aliphatic carbocycles. The van der Waals surface area contributed by atoms with E-state index in [4.69, 9.17) is 0 Å². The highest BCUT2D eigenvalue weighted by molar-refractivity contribution is 14.1. The van der Waals surface area contributed by atoms with Crippen LogP contribution in [0.1, 0.15) is 0 Å². The summed E-state index contributed by atoms with van der Waals surface area (Å²) in [5, 5.41) is 10.0. The maximum Gasteiger partial charge on any atom is 0.346 e. The molecule has 1 aromatic rings. The maximum absolute atomic E-state index is 12.7. The minimum Gasteiger partial charge on any atom is -0.258 e. The van der Waals surface area contributed by atoms with Crippen molar-refractivity contribution >= 4 is 28.3 Å². The molecule has 14 heavy (non-hydrogen) atoms. The number of nitro benzene ring substituents is 1. The summed E-state index contributed by atoms with van der Waals surface area (Å²) < 4.78 is 49.9. The quantitative estimate of drug-likeness (QED) is 0.199. The molecule has 3 nitrogen and oxygen atoms in total. The van der Waals surface area contributed by atoms with E-state index in [0.717, 1.165) is 22.6 Å². The average Bonchev–Trinajstić information content (AvgIpc) is 2.11. The Morgan fingerprint density at radius 2 is 1.36 bits per heavy atom. The molecule has 0 heterocycles. The van der Waals surface area contributed by atoms with E-state index in [-0.39, 0.29) is 0 Å². The Bertz CT molecular complexity index is 394. The van der Waals surface area contributed by atoms with Crippen LogP contribution in [0.25, 0.3) is 0 Å². The molecule has 0 bridgehead atoms. The van der Waals surface area contributed by atoms with Crippen molar-refractivity contribution in [2.45, 2.75) is 0 Å². The van der Waals surface area contributed by atoms with Gasteiger partial charge in [-0.1, -0.05) is 0 Å². The van der Waals surface area contributed by atoms with E-state index in [9.17, 15) is 27.7 Å². The van der Waals surface area contributed by atoms with Crippen LogP contribution >= 0.6 is 22.6 Å². The van der Waals surface area contributed by atoms with Crippen LogP contribution in [0.4, 0.5) is 23.2 Å². The molecule has 76 valence electrons. The lowest BCUT2D eigenvalue weighted by molar-refractivity contribution is -0.390. The van der Waals surface area contributed by atoms with Crippen LogP contribution < -0.4 is 0 Å². The van der Waals surface area contributed by atoms with E-state index in [1.807, 2.05) is 0 Å². The number of nitro groups is 1. The van der Waals surface area contributed by atoms with Crippen molar-refractivity contribution in [1.82, 2.24) is 0 Å². The first-order valence-corrected chi connectivity index (χ1v) is 4.11. The summed E-state index contributed by atoms with van der Waals surface area (Å²) in [6.45, 7) is 0. The Labute approximate surface area is 88.0 Å². The van der Waals surface area contributed by atoms with Crippen molar-refractivity contribution in [3.63, 3.8) is 0 Å². The van der Waals surface area contributed by atoms with Gasteiger partial charge < -0.3 is 0 Å². The van der Waals surface area contributed by atoms with Gasteiger partial charge in [-0.3, -0.25) is 10.1 Å². The topological polar surface area (TPSA) is 43.1 Å². The normalized spacial score (nSPS) is 10.4. The highest BCUT2D eigenvalue weighted by Gasteiger charge is 2.31. The lowest BCUT2D eigenvalue weighted by Crippen LogP contribution is -2.05. The van der Waals surface area contributed by atoms with Crippen molar-refractivity contribution in [3.8, 4) is 0 Å². The Kier molecular flexibility index (Phi) is 2.92. The van der Waals surface area contributed by atoms with Gasteiger partial charge in [-0.15, -0.1) is 0 Å². The van der Waals surface area contributed by atoms with Gasteiger partial charge in [-0.25, -0.2) is 8.78 Å². The van der Waals surface area contributed by atoms with Crippen LogP contribution in [0.5, 0.6) is 0 Å². The number of halogens is 5. The average molecular weight is 321 g/mol. The summed E-state index contributed by atoms with van der Waals surface area (Å²) in [6, 6.07) is 0. The third-order valence-electron chi connectivity index (χ3n) is 1.37. The van der Waals surface area contributed by atoms with E-state index in [1.165, 1.54) is 0 Å². The molecule has 0 aromatic heterocycles. The minimum atomic E-state index is -2.00. The van der Waals surface area contributed by atoms with Crippen LogP contribution in [0.3, 0.4) is 0 Å². The number of rotatable bonds is 1. The highest BCUT2D eigenvalue weighted by atomic mass is 127. The van der Waals surface area contributed by atoms with E-state index in [2.05, 4.69) is 0 Å². The first-order chi connectivity index (χ1) is 6.37. The van der Waals surface area contributed by atoms with Gasteiger partial charge in [0.15, 0.2) is 11.6 Å². The van der Waals surface area contributed by atoms with Crippen LogP contribution in [-0.2, 0) is 0 Å². The molecular weight excluding hydrogens is 321 g/mol.